The normalized spacial score (nSPS) is 11.5. The Balaban J connectivity index is -0.000000320. The molecule has 0 radical (unpaired) electrons. The minimum atomic E-state index is -5.92. The van der Waals surface area contributed by atoms with Gasteiger partial charge in [-0.2, -0.15) is 0 Å². The van der Waals surface area contributed by atoms with Gasteiger partial charge in [-0.1, -0.05) is 0 Å². The Morgan fingerprint density at radius 3 is 0.909 bits per heavy atom. The smallest absolute Gasteiger partial charge is 0.862 e. The van der Waals surface area contributed by atoms with Gasteiger partial charge in [0.2, 0.25) is 0 Å². The topological polar surface area (TPSA) is 148 Å². The summed E-state index contributed by atoms with van der Waals surface area (Å²) in [6.07, 6.45) is 0. The number of rotatable bonds is 2. The molecule has 0 aliphatic rings. The van der Waals surface area contributed by atoms with Gasteiger partial charge >= 0.3 is 69.6 Å². The van der Waals surface area contributed by atoms with Crippen molar-refractivity contribution in [1.29, 1.82) is 0 Å². The van der Waals surface area contributed by atoms with Gasteiger partial charge in [-0.3, -0.25) is 0 Å². The van der Waals surface area contributed by atoms with E-state index >= 15 is 0 Å². The summed E-state index contributed by atoms with van der Waals surface area (Å²) >= 11 is 0. The molecule has 0 aliphatic heterocycles. The van der Waals surface area contributed by atoms with Gasteiger partial charge in [-0.05, 0) is 0 Å². The summed E-state index contributed by atoms with van der Waals surface area (Å²) in [5.41, 5.74) is 0. The Labute approximate surface area is 119 Å². The zero-order valence-electron chi connectivity index (χ0n) is 4.71. The minimum absolute atomic E-state index is 0. The molecule has 7 nitrogen and oxygen atoms in total. The molecule has 0 bridgehead atoms. The predicted molar refractivity (Wildman–Crippen MR) is 12.6 cm³/mol. The zero-order valence-corrected chi connectivity index (χ0v) is 11.3. The molecular weight excluding hydrogens is 426 g/mol. The van der Waals surface area contributed by atoms with Crippen molar-refractivity contribution in [3.05, 3.63) is 0 Å². The Morgan fingerprint density at radius 1 is 0.727 bits per heavy atom. The van der Waals surface area contributed by atoms with Gasteiger partial charge in [0.15, 0.2) is 0 Å². The van der Waals surface area contributed by atoms with Crippen LogP contribution >= 0.6 is 0 Å². The Morgan fingerprint density at radius 2 is 0.909 bits per heavy atom. The first-order valence-electron chi connectivity index (χ1n) is 1.63. The maximum absolute atomic E-state index is 9.36. The van der Waals surface area contributed by atoms with Gasteiger partial charge in [0.25, 0.3) is 0 Å². The summed E-state index contributed by atoms with van der Waals surface area (Å²) in [5, 5.41) is 0. The predicted octanol–water partition coefficient (Wildman–Crippen LogP) is -7.97. The maximum atomic E-state index is 9.36. The fourth-order valence-corrected chi connectivity index (χ4v) is 1.38. The van der Waals surface area contributed by atoms with Crippen molar-refractivity contribution in [2.75, 3.05) is 0 Å². The van der Waals surface area contributed by atoms with Crippen LogP contribution in [0.15, 0.2) is 0 Å². The second kappa shape index (κ2) is 6.87. The molecule has 0 saturated heterocycles. The van der Waals surface area contributed by atoms with Gasteiger partial charge in [0, 0.05) is 0 Å². The minimum Gasteiger partial charge on any atom is -0.862 e. The van der Waals surface area contributed by atoms with Crippen molar-refractivity contribution in [2.45, 2.75) is 0 Å². The average molecular weight is 426 g/mol. The summed E-state index contributed by atoms with van der Waals surface area (Å²) in [6, 6.07) is 0. The third-order valence-corrected chi connectivity index (χ3v) is 2.25. The van der Waals surface area contributed by atoms with E-state index in [-0.39, 0.29) is 69.6 Å². The van der Waals surface area contributed by atoms with E-state index < -0.39 is 18.1 Å². The molecule has 0 fully saturated rings. The van der Waals surface area contributed by atoms with Crippen molar-refractivity contribution < 1.29 is 102 Å². The van der Waals surface area contributed by atoms with Crippen LogP contribution in [0, 0.1) is 36.9 Å². The molecule has 0 aromatic carbocycles. The fraction of sp³-hybridized carbons (Fsp3) is 0. The van der Waals surface area contributed by atoms with Crippen LogP contribution in [0.25, 0.3) is 0 Å². The van der Waals surface area contributed by atoms with Crippen molar-refractivity contribution >= 4 is 18.1 Å². The van der Waals surface area contributed by atoms with E-state index in [0.717, 1.165) is 0 Å². The first-order chi connectivity index (χ1) is 3.71. The molecule has 0 aliphatic carbocycles. The molecule has 0 aromatic rings. The van der Waals surface area contributed by atoms with Crippen molar-refractivity contribution in [1.82, 2.24) is 0 Å². The van der Waals surface area contributed by atoms with Gasteiger partial charge < -0.3 is 32.9 Å². The maximum Gasteiger partial charge on any atom is 3.00 e. The zero-order chi connectivity index (χ0) is 7.71. The summed E-state index contributed by atoms with van der Waals surface area (Å²) in [4.78, 5) is 56.2. The molecule has 0 saturated carbocycles. The van der Waals surface area contributed by atoms with Crippen molar-refractivity contribution in [3.63, 3.8) is 0 Å². The van der Waals surface area contributed by atoms with Crippen molar-refractivity contribution in [2.24, 2.45) is 0 Å². The molecule has 0 heterocycles. The van der Waals surface area contributed by atoms with Crippen molar-refractivity contribution in [3.8, 4) is 0 Å². The molecule has 11 heavy (non-hydrogen) atoms. The second-order valence-electron chi connectivity index (χ2n) is 1.10. The average Bonchev–Trinajstić information content (AvgIpc) is 1.14. The molecule has 0 atom stereocenters. The molecule has 11 heteroatoms. The van der Waals surface area contributed by atoms with Crippen LogP contribution in [0.1, 0.15) is 0 Å². The summed E-state index contributed by atoms with van der Waals surface area (Å²) in [5.74, 6) is 0. The number of hydrogen-bond donors (Lipinski definition) is 0. The van der Waals surface area contributed by atoms with Crippen LogP contribution in [0.5, 0.6) is 0 Å². The summed E-state index contributed by atoms with van der Waals surface area (Å²) in [7, 11) is -11.8. The Kier molecular flexibility index (Phi) is 12.0. The molecule has 0 aromatic heterocycles. The van der Waals surface area contributed by atoms with Crippen LogP contribution in [0.4, 0.5) is 0 Å². The van der Waals surface area contributed by atoms with Crippen LogP contribution in [0.2, 0.25) is 0 Å². The van der Waals surface area contributed by atoms with E-state index in [2.05, 4.69) is 4.12 Å². The van der Waals surface area contributed by atoms with Crippen LogP contribution in [0.3, 0.4) is 0 Å². The first kappa shape index (κ1) is 19.1. The molecule has 0 rings (SSSR count). The van der Waals surface area contributed by atoms with E-state index in [1.165, 1.54) is 0 Å². The molecule has 0 amide bonds. The van der Waals surface area contributed by atoms with Gasteiger partial charge in [-0.25, -0.2) is 0 Å². The molecule has 0 unspecified atom stereocenters. The third kappa shape index (κ3) is 19.1. The van der Waals surface area contributed by atoms with E-state index in [4.69, 9.17) is 0 Å². The fourth-order valence-electron chi connectivity index (χ4n) is 0.153. The van der Waals surface area contributed by atoms with E-state index in [0.29, 0.717) is 0 Å². The van der Waals surface area contributed by atoms with Crippen LogP contribution in [-0.4, -0.2) is 18.1 Å². The standard InChI is InChI=1S/O7Si2.Tm.Y/c1-8(2,3)7-9(4,5)6;;/q-6;2*+3. The SMILES string of the molecule is [O-][Si]([O-])([O-])O[Si]([O-])([O-])[O-].[Tm+3].[Y+3]. The third-order valence-electron chi connectivity index (χ3n) is 0.250. The summed E-state index contributed by atoms with van der Waals surface area (Å²) in [6.45, 7) is 0. The van der Waals surface area contributed by atoms with E-state index in [1.54, 1.807) is 0 Å². The first-order valence-corrected chi connectivity index (χ1v) is 4.90. The van der Waals surface area contributed by atoms with Gasteiger partial charge in [0.05, 0.1) is 0 Å². The van der Waals surface area contributed by atoms with E-state index in [1.807, 2.05) is 0 Å². The van der Waals surface area contributed by atoms with Crippen LogP contribution < -0.4 is 28.8 Å². The monoisotopic (exact) mass is 426 g/mol. The second-order valence-corrected chi connectivity index (χ2v) is 3.92. The van der Waals surface area contributed by atoms with E-state index in [9.17, 15) is 28.8 Å². The Hall–Kier alpha value is 2.49. The molecule has 0 spiro atoms. The largest absolute Gasteiger partial charge is 3.00 e. The van der Waals surface area contributed by atoms with Crippen LogP contribution in [-0.2, 0) is 36.8 Å². The quantitative estimate of drug-likeness (QED) is 0.399. The Bertz CT molecular complexity index is 81.6. The van der Waals surface area contributed by atoms with Gasteiger partial charge in [-0.15, -0.1) is 18.1 Å². The molecular formula is O7Si2TmY. The summed E-state index contributed by atoms with van der Waals surface area (Å²) < 4.78 is 2.57. The molecule has 0 N–H and O–H groups in total. The molecule has 66 valence electrons. The van der Waals surface area contributed by atoms with Gasteiger partial charge in [0.1, 0.15) is 0 Å². The number of hydrogen-bond acceptors (Lipinski definition) is 7.